The zero-order valence-corrected chi connectivity index (χ0v) is 13.7. The van der Waals surface area contributed by atoms with E-state index in [4.69, 9.17) is 0 Å². The van der Waals surface area contributed by atoms with Crippen LogP contribution in [0, 0.1) is 22.7 Å². The van der Waals surface area contributed by atoms with E-state index >= 15 is 0 Å². The zero-order chi connectivity index (χ0) is 16.0. The summed E-state index contributed by atoms with van der Waals surface area (Å²) in [6.07, 6.45) is 7.95. The monoisotopic (exact) mass is 303 g/mol. The van der Waals surface area contributed by atoms with Crippen molar-refractivity contribution in [2.75, 3.05) is 0 Å². The fraction of sp³-hybridized carbons (Fsp3) is 0.409. The van der Waals surface area contributed by atoms with Crippen LogP contribution >= 0.6 is 0 Å². The van der Waals surface area contributed by atoms with Crippen LogP contribution < -0.4 is 0 Å². The first-order valence-electron chi connectivity index (χ1n) is 8.77. The lowest BCUT2D eigenvalue weighted by Crippen LogP contribution is -2.26. The molecule has 1 unspecified atom stereocenters. The summed E-state index contributed by atoms with van der Waals surface area (Å²) in [5, 5.41) is 9.32. The van der Waals surface area contributed by atoms with Crippen molar-refractivity contribution in [3.8, 4) is 6.07 Å². The summed E-state index contributed by atoms with van der Waals surface area (Å²) >= 11 is 0. The van der Waals surface area contributed by atoms with Gasteiger partial charge in [0.2, 0.25) is 0 Å². The lowest BCUT2D eigenvalue weighted by Gasteiger charge is -2.33. The zero-order valence-electron chi connectivity index (χ0n) is 13.7. The highest BCUT2D eigenvalue weighted by Crippen LogP contribution is 2.42. The molecule has 0 spiro atoms. The average molecular weight is 303 g/mol. The van der Waals surface area contributed by atoms with Crippen LogP contribution in [0.2, 0.25) is 0 Å². The van der Waals surface area contributed by atoms with Gasteiger partial charge < -0.3 is 0 Å². The van der Waals surface area contributed by atoms with Crippen molar-refractivity contribution in [2.45, 2.75) is 44.9 Å². The van der Waals surface area contributed by atoms with Crippen molar-refractivity contribution in [3.63, 3.8) is 0 Å². The van der Waals surface area contributed by atoms with Gasteiger partial charge in [-0.15, -0.1) is 0 Å². The van der Waals surface area contributed by atoms with Crippen LogP contribution in [0.4, 0.5) is 0 Å². The average Bonchev–Trinajstić information content (AvgIpc) is 2.79. The second-order valence-corrected chi connectivity index (χ2v) is 7.08. The van der Waals surface area contributed by atoms with Gasteiger partial charge in [-0.2, -0.15) is 5.26 Å². The fourth-order valence-electron chi connectivity index (χ4n) is 4.08. The Kier molecular flexibility index (Phi) is 5.13. The molecule has 118 valence electrons. The van der Waals surface area contributed by atoms with Crippen molar-refractivity contribution >= 4 is 0 Å². The fourth-order valence-corrected chi connectivity index (χ4v) is 4.08. The van der Waals surface area contributed by atoms with Gasteiger partial charge in [-0.3, -0.25) is 0 Å². The van der Waals surface area contributed by atoms with Gasteiger partial charge in [0.1, 0.15) is 0 Å². The Morgan fingerprint density at radius 1 is 0.826 bits per heavy atom. The third kappa shape index (κ3) is 4.23. The second-order valence-electron chi connectivity index (χ2n) is 7.08. The molecule has 0 radical (unpaired) electrons. The molecule has 1 saturated carbocycles. The minimum absolute atomic E-state index is 0.253. The van der Waals surface area contributed by atoms with E-state index in [0.717, 1.165) is 32.1 Å². The maximum Gasteiger partial charge on any atom is 0.0655 e. The SMILES string of the molecule is N#CC1CCCC(Cc2ccccc2)(Cc2ccccc2)CC1. The summed E-state index contributed by atoms with van der Waals surface area (Å²) in [7, 11) is 0. The van der Waals surface area contributed by atoms with Crippen molar-refractivity contribution < 1.29 is 0 Å². The molecule has 23 heavy (non-hydrogen) atoms. The van der Waals surface area contributed by atoms with E-state index in [2.05, 4.69) is 66.7 Å². The summed E-state index contributed by atoms with van der Waals surface area (Å²) in [6.45, 7) is 0. The first-order chi connectivity index (χ1) is 11.3. The van der Waals surface area contributed by atoms with Crippen molar-refractivity contribution in [3.05, 3.63) is 71.8 Å². The molecule has 0 heterocycles. The van der Waals surface area contributed by atoms with Crippen LogP contribution in [-0.4, -0.2) is 0 Å². The van der Waals surface area contributed by atoms with E-state index in [1.54, 1.807) is 0 Å². The van der Waals surface area contributed by atoms with Crippen LogP contribution in [0.3, 0.4) is 0 Å². The smallest absolute Gasteiger partial charge is 0.0655 e. The third-order valence-electron chi connectivity index (χ3n) is 5.31. The van der Waals surface area contributed by atoms with Gasteiger partial charge >= 0.3 is 0 Å². The highest BCUT2D eigenvalue weighted by atomic mass is 14.4. The Morgan fingerprint density at radius 2 is 1.39 bits per heavy atom. The van der Waals surface area contributed by atoms with Crippen LogP contribution in [-0.2, 0) is 12.8 Å². The summed E-state index contributed by atoms with van der Waals surface area (Å²) in [5.74, 6) is 0.253. The van der Waals surface area contributed by atoms with Crippen molar-refractivity contribution in [1.29, 1.82) is 5.26 Å². The maximum absolute atomic E-state index is 9.32. The van der Waals surface area contributed by atoms with Gasteiger partial charge in [-0.1, -0.05) is 67.1 Å². The lowest BCUT2D eigenvalue weighted by molar-refractivity contribution is 0.237. The van der Waals surface area contributed by atoms with Gasteiger partial charge in [0.05, 0.1) is 6.07 Å². The lowest BCUT2D eigenvalue weighted by atomic mass is 9.71. The van der Waals surface area contributed by atoms with Crippen LogP contribution in [0.25, 0.3) is 0 Å². The molecule has 0 saturated heterocycles. The molecule has 0 bridgehead atoms. The maximum atomic E-state index is 9.32. The summed E-state index contributed by atoms with van der Waals surface area (Å²) in [5.41, 5.74) is 3.16. The molecule has 1 atom stereocenters. The van der Waals surface area contributed by atoms with Crippen LogP contribution in [0.15, 0.2) is 60.7 Å². The van der Waals surface area contributed by atoms with E-state index in [1.807, 2.05) is 0 Å². The third-order valence-corrected chi connectivity index (χ3v) is 5.31. The minimum Gasteiger partial charge on any atom is -0.198 e. The predicted molar refractivity (Wildman–Crippen MR) is 94.9 cm³/mol. The molecule has 0 aliphatic heterocycles. The number of benzene rings is 2. The standard InChI is InChI=1S/C22H25N/c23-18-21-12-7-14-22(15-13-21,16-19-8-3-1-4-9-19)17-20-10-5-2-6-11-20/h1-6,8-11,21H,7,12-17H2. The number of nitriles is 1. The molecule has 2 aromatic carbocycles. The second kappa shape index (κ2) is 7.47. The molecule has 0 aromatic heterocycles. The largest absolute Gasteiger partial charge is 0.198 e. The van der Waals surface area contributed by atoms with Gasteiger partial charge in [0.15, 0.2) is 0 Å². The Hall–Kier alpha value is -2.07. The van der Waals surface area contributed by atoms with E-state index in [9.17, 15) is 5.26 Å². The van der Waals surface area contributed by atoms with Gasteiger partial charge in [0, 0.05) is 5.92 Å². The molecule has 0 amide bonds. The molecule has 1 fully saturated rings. The van der Waals surface area contributed by atoms with E-state index in [1.165, 1.54) is 24.0 Å². The summed E-state index contributed by atoms with van der Waals surface area (Å²) < 4.78 is 0. The molecular weight excluding hydrogens is 278 g/mol. The molecule has 2 aromatic rings. The summed E-state index contributed by atoms with van der Waals surface area (Å²) in [4.78, 5) is 0. The van der Waals surface area contributed by atoms with Gasteiger partial charge in [0.25, 0.3) is 0 Å². The minimum atomic E-state index is 0.253. The summed E-state index contributed by atoms with van der Waals surface area (Å²) in [6, 6.07) is 24.2. The van der Waals surface area contributed by atoms with E-state index in [-0.39, 0.29) is 5.92 Å². The molecule has 1 heteroatoms. The molecular formula is C22H25N. The van der Waals surface area contributed by atoms with Gasteiger partial charge in [-0.25, -0.2) is 0 Å². The van der Waals surface area contributed by atoms with E-state index in [0.29, 0.717) is 5.41 Å². The number of rotatable bonds is 4. The Labute approximate surface area is 140 Å². The highest BCUT2D eigenvalue weighted by molar-refractivity contribution is 5.21. The van der Waals surface area contributed by atoms with Crippen molar-refractivity contribution in [1.82, 2.24) is 0 Å². The molecule has 1 nitrogen and oxygen atoms in total. The molecule has 0 N–H and O–H groups in total. The number of hydrogen-bond donors (Lipinski definition) is 0. The predicted octanol–water partition coefficient (Wildman–Crippen LogP) is 5.56. The number of hydrogen-bond acceptors (Lipinski definition) is 1. The Bertz CT molecular complexity index is 597. The van der Waals surface area contributed by atoms with Gasteiger partial charge in [-0.05, 0) is 55.1 Å². The Balaban J connectivity index is 1.84. The molecule has 1 aliphatic carbocycles. The highest BCUT2D eigenvalue weighted by Gasteiger charge is 2.33. The Morgan fingerprint density at radius 3 is 1.91 bits per heavy atom. The van der Waals surface area contributed by atoms with Crippen LogP contribution in [0.5, 0.6) is 0 Å². The topological polar surface area (TPSA) is 23.8 Å². The van der Waals surface area contributed by atoms with Crippen molar-refractivity contribution in [2.24, 2.45) is 11.3 Å². The number of nitrogens with zero attached hydrogens (tertiary/aromatic N) is 1. The normalized spacial score (nSPS) is 20.4. The van der Waals surface area contributed by atoms with Crippen LogP contribution in [0.1, 0.15) is 43.2 Å². The molecule has 1 aliphatic rings. The quantitative estimate of drug-likeness (QED) is 0.678. The first kappa shape index (κ1) is 15.8. The van der Waals surface area contributed by atoms with E-state index < -0.39 is 0 Å². The first-order valence-corrected chi connectivity index (χ1v) is 8.77. The molecule has 3 rings (SSSR count).